The molecule has 1 aromatic heterocycles. The van der Waals surface area contributed by atoms with E-state index >= 15 is 0 Å². The van der Waals surface area contributed by atoms with Gasteiger partial charge in [-0.1, -0.05) is 6.92 Å². The highest BCUT2D eigenvalue weighted by molar-refractivity contribution is 5.74. The molecule has 21 heavy (non-hydrogen) atoms. The second kappa shape index (κ2) is 6.01. The molecule has 7 heteroatoms. The van der Waals surface area contributed by atoms with Crippen molar-refractivity contribution in [2.24, 2.45) is 0 Å². The molecule has 7 nitrogen and oxygen atoms in total. The maximum absolute atomic E-state index is 12.2. The van der Waals surface area contributed by atoms with Crippen LogP contribution in [0.3, 0.4) is 0 Å². The SMILES string of the molecule is CCc1nc2n(n1)C[C@@H](NC(=O)N1CCC(O)CC1)CC2. The van der Waals surface area contributed by atoms with Gasteiger partial charge in [0.2, 0.25) is 0 Å². The molecule has 1 saturated heterocycles. The molecule has 0 spiro atoms. The summed E-state index contributed by atoms with van der Waals surface area (Å²) in [5.41, 5.74) is 0. The molecule has 1 aromatic rings. The van der Waals surface area contributed by atoms with Crippen molar-refractivity contribution in [3.63, 3.8) is 0 Å². The summed E-state index contributed by atoms with van der Waals surface area (Å²) in [6.45, 7) is 4.01. The van der Waals surface area contributed by atoms with Crippen LogP contribution < -0.4 is 5.32 Å². The number of hydrogen-bond donors (Lipinski definition) is 2. The Hall–Kier alpha value is -1.63. The number of likely N-dealkylation sites (tertiary alicyclic amines) is 1. The van der Waals surface area contributed by atoms with Gasteiger partial charge >= 0.3 is 6.03 Å². The average molecular weight is 293 g/mol. The van der Waals surface area contributed by atoms with Crippen LogP contribution in [0, 0.1) is 0 Å². The molecule has 0 bridgehead atoms. The Morgan fingerprint density at radius 3 is 2.86 bits per heavy atom. The fraction of sp³-hybridized carbons (Fsp3) is 0.786. The van der Waals surface area contributed by atoms with Crippen molar-refractivity contribution in [3.05, 3.63) is 11.6 Å². The number of aryl methyl sites for hydroxylation is 2. The average Bonchev–Trinajstić information content (AvgIpc) is 2.90. The van der Waals surface area contributed by atoms with Crippen molar-refractivity contribution in [2.75, 3.05) is 13.1 Å². The topological polar surface area (TPSA) is 83.3 Å². The fourth-order valence-corrected chi connectivity index (χ4v) is 2.96. The van der Waals surface area contributed by atoms with E-state index in [-0.39, 0.29) is 18.2 Å². The van der Waals surface area contributed by atoms with Gasteiger partial charge in [-0.05, 0) is 19.3 Å². The van der Waals surface area contributed by atoms with E-state index in [1.165, 1.54) is 0 Å². The Labute approximate surface area is 124 Å². The fourth-order valence-electron chi connectivity index (χ4n) is 2.96. The molecule has 2 N–H and O–H groups in total. The molecular weight excluding hydrogens is 270 g/mol. The zero-order valence-electron chi connectivity index (χ0n) is 12.5. The second-order valence-corrected chi connectivity index (χ2v) is 5.88. The minimum Gasteiger partial charge on any atom is -0.393 e. The molecular formula is C14H23N5O2. The van der Waals surface area contributed by atoms with E-state index in [4.69, 9.17) is 0 Å². The molecule has 1 fully saturated rings. The summed E-state index contributed by atoms with van der Waals surface area (Å²) in [6.07, 6.45) is 3.69. The van der Waals surface area contributed by atoms with Crippen molar-refractivity contribution in [1.29, 1.82) is 0 Å². The molecule has 2 amide bonds. The van der Waals surface area contributed by atoms with Crippen LogP contribution in [0.2, 0.25) is 0 Å². The normalized spacial score (nSPS) is 23.0. The summed E-state index contributed by atoms with van der Waals surface area (Å²) < 4.78 is 1.92. The first kappa shape index (κ1) is 14.3. The Bertz CT molecular complexity index is 507. The maximum atomic E-state index is 12.2. The van der Waals surface area contributed by atoms with Gasteiger partial charge in [0.15, 0.2) is 5.82 Å². The lowest BCUT2D eigenvalue weighted by Gasteiger charge is -2.32. The first-order valence-electron chi connectivity index (χ1n) is 7.81. The third-order valence-corrected chi connectivity index (χ3v) is 4.30. The number of nitrogens with zero attached hydrogens (tertiary/aromatic N) is 4. The number of carbonyl (C=O) groups is 1. The lowest BCUT2D eigenvalue weighted by molar-refractivity contribution is 0.0922. The second-order valence-electron chi connectivity index (χ2n) is 5.88. The summed E-state index contributed by atoms with van der Waals surface area (Å²) in [5.74, 6) is 1.90. The van der Waals surface area contributed by atoms with E-state index < -0.39 is 0 Å². The number of aromatic nitrogens is 3. The number of piperidine rings is 1. The highest BCUT2D eigenvalue weighted by Crippen LogP contribution is 2.15. The summed E-state index contributed by atoms with van der Waals surface area (Å²) in [7, 11) is 0. The van der Waals surface area contributed by atoms with Crippen LogP contribution in [0.5, 0.6) is 0 Å². The number of hydrogen-bond acceptors (Lipinski definition) is 4. The first-order valence-corrected chi connectivity index (χ1v) is 7.81. The van der Waals surface area contributed by atoms with E-state index in [1.54, 1.807) is 4.90 Å². The van der Waals surface area contributed by atoms with Crippen LogP contribution in [0.1, 0.15) is 37.8 Å². The highest BCUT2D eigenvalue weighted by Gasteiger charge is 2.26. The van der Waals surface area contributed by atoms with Gasteiger partial charge in [-0.25, -0.2) is 14.5 Å². The number of amides is 2. The summed E-state index contributed by atoms with van der Waals surface area (Å²) >= 11 is 0. The number of fused-ring (bicyclic) bond motifs is 1. The van der Waals surface area contributed by atoms with Gasteiger partial charge in [-0.3, -0.25) is 0 Å². The van der Waals surface area contributed by atoms with Crippen LogP contribution in [0.15, 0.2) is 0 Å². The Kier molecular flexibility index (Phi) is 4.10. The standard InChI is InChI=1S/C14H23N5O2/c1-2-12-16-13-4-3-10(9-19(13)17-12)15-14(21)18-7-5-11(20)6-8-18/h10-11,20H,2-9H2,1H3,(H,15,21)/t10-/m0/s1. The van der Waals surface area contributed by atoms with Crippen LogP contribution in [-0.4, -0.2) is 56.0 Å². The van der Waals surface area contributed by atoms with Crippen molar-refractivity contribution in [3.8, 4) is 0 Å². The number of carbonyl (C=O) groups excluding carboxylic acids is 1. The zero-order chi connectivity index (χ0) is 14.8. The van der Waals surface area contributed by atoms with Gasteiger partial charge in [0.25, 0.3) is 0 Å². The zero-order valence-corrected chi connectivity index (χ0v) is 12.5. The highest BCUT2D eigenvalue weighted by atomic mass is 16.3. The van der Waals surface area contributed by atoms with Crippen LogP contribution in [0.25, 0.3) is 0 Å². The van der Waals surface area contributed by atoms with E-state index in [9.17, 15) is 9.90 Å². The number of aliphatic hydroxyl groups excluding tert-OH is 1. The molecule has 2 aliphatic rings. The minimum absolute atomic E-state index is 0.0221. The molecule has 0 unspecified atom stereocenters. The van der Waals surface area contributed by atoms with Crippen molar-refractivity contribution >= 4 is 6.03 Å². The smallest absolute Gasteiger partial charge is 0.317 e. The molecule has 116 valence electrons. The van der Waals surface area contributed by atoms with Gasteiger partial charge in [0.05, 0.1) is 18.7 Å². The van der Waals surface area contributed by atoms with Crippen molar-refractivity contribution < 1.29 is 9.90 Å². The van der Waals surface area contributed by atoms with E-state index in [0.29, 0.717) is 32.5 Å². The van der Waals surface area contributed by atoms with Gasteiger partial charge in [-0.2, -0.15) is 5.10 Å². The van der Waals surface area contributed by atoms with Crippen molar-refractivity contribution in [2.45, 2.75) is 57.7 Å². The molecule has 3 heterocycles. The predicted octanol–water partition coefficient (Wildman–Crippen LogP) is 0.322. The maximum Gasteiger partial charge on any atom is 0.317 e. The van der Waals surface area contributed by atoms with Crippen LogP contribution in [-0.2, 0) is 19.4 Å². The van der Waals surface area contributed by atoms with Gasteiger partial charge in [0, 0.05) is 25.9 Å². The Morgan fingerprint density at radius 2 is 2.14 bits per heavy atom. The summed E-state index contributed by atoms with van der Waals surface area (Å²) in [5, 5.41) is 17.0. The number of aliphatic hydroxyl groups is 1. The molecule has 2 aliphatic heterocycles. The van der Waals surface area contributed by atoms with Crippen LogP contribution in [0.4, 0.5) is 4.79 Å². The number of nitrogens with one attached hydrogen (secondary N) is 1. The molecule has 1 atom stereocenters. The quantitative estimate of drug-likeness (QED) is 0.822. The van der Waals surface area contributed by atoms with Gasteiger partial charge in [-0.15, -0.1) is 0 Å². The van der Waals surface area contributed by atoms with E-state index in [0.717, 1.165) is 30.9 Å². The van der Waals surface area contributed by atoms with E-state index in [2.05, 4.69) is 15.4 Å². The van der Waals surface area contributed by atoms with Crippen LogP contribution >= 0.6 is 0 Å². The monoisotopic (exact) mass is 293 g/mol. The van der Waals surface area contributed by atoms with Crippen molar-refractivity contribution in [1.82, 2.24) is 25.0 Å². The largest absolute Gasteiger partial charge is 0.393 e. The molecule has 0 radical (unpaired) electrons. The van der Waals surface area contributed by atoms with E-state index in [1.807, 2.05) is 11.6 Å². The number of rotatable bonds is 2. The summed E-state index contributed by atoms with van der Waals surface area (Å²) in [6, 6.07) is 0.0921. The first-order chi connectivity index (χ1) is 10.2. The predicted molar refractivity (Wildman–Crippen MR) is 76.9 cm³/mol. The van der Waals surface area contributed by atoms with Gasteiger partial charge < -0.3 is 15.3 Å². The molecule has 0 aliphatic carbocycles. The molecule has 0 aromatic carbocycles. The molecule has 0 saturated carbocycles. The Morgan fingerprint density at radius 1 is 1.38 bits per heavy atom. The lowest BCUT2D eigenvalue weighted by atomic mass is 10.1. The number of urea groups is 1. The third kappa shape index (κ3) is 3.18. The third-order valence-electron chi connectivity index (χ3n) is 4.30. The minimum atomic E-state index is -0.256. The Balaban J connectivity index is 1.55. The summed E-state index contributed by atoms with van der Waals surface area (Å²) in [4.78, 5) is 18.5. The molecule has 3 rings (SSSR count). The lowest BCUT2D eigenvalue weighted by Crippen LogP contribution is -2.50. The van der Waals surface area contributed by atoms with Gasteiger partial charge in [0.1, 0.15) is 5.82 Å².